The Hall–Kier alpha value is -0.540. The van der Waals surface area contributed by atoms with Crippen LogP contribution in [0.2, 0.25) is 5.02 Å². The first kappa shape index (κ1) is 12.9. The highest BCUT2D eigenvalue weighted by Crippen LogP contribution is 2.39. The van der Waals surface area contributed by atoms with Crippen LogP contribution in [0.4, 0.5) is 0 Å². The Labute approximate surface area is 109 Å². The highest BCUT2D eigenvalue weighted by atomic mass is 35.5. The maximum Gasteiger partial charge on any atom is 0.0863 e. The molecule has 96 valence electrons. The molecule has 1 aliphatic carbocycles. The second-order valence-corrected chi connectivity index (χ2v) is 5.91. The maximum atomic E-state index is 6.33. The molecule has 17 heavy (non-hydrogen) atoms. The summed E-state index contributed by atoms with van der Waals surface area (Å²) in [4.78, 5) is 0. The zero-order chi connectivity index (χ0) is 12.6. The summed E-state index contributed by atoms with van der Waals surface area (Å²) in [5, 5.41) is 8.87. The third-order valence-corrected chi connectivity index (χ3v) is 4.25. The Morgan fingerprint density at radius 3 is 2.59 bits per heavy atom. The molecule has 0 spiro atoms. The molecule has 0 saturated heterocycles. The van der Waals surface area contributed by atoms with E-state index in [1.54, 1.807) is 0 Å². The lowest BCUT2D eigenvalue weighted by molar-refractivity contribution is 0.335. The third kappa shape index (κ3) is 2.66. The zero-order valence-electron chi connectivity index (χ0n) is 11.2. The van der Waals surface area contributed by atoms with Gasteiger partial charge in [-0.3, -0.25) is 4.68 Å². The predicted octanol–water partition coefficient (Wildman–Crippen LogP) is 2.91. The van der Waals surface area contributed by atoms with Crippen LogP contribution in [0.3, 0.4) is 0 Å². The molecule has 0 radical (unpaired) electrons. The van der Waals surface area contributed by atoms with E-state index < -0.39 is 0 Å². The minimum absolute atomic E-state index is 0.208. The molecule has 0 aliphatic heterocycles. The lowest BCUT2D eigenvalue weighted by Crippen LogP contribution is -2.41. The van der Waals surface area contributed by atoms with Gasteiger partial charge in [0, 0.05) is 19.1 Å². The van der Waals surface area contributed by atoms with Crippen molar-refractivity contribution in [1.82, 2.24) is 15.1 Å². The molecule has 0 amide bonds. The van der Waals surface area contributed by atoms with Crippen LogP contribution in [0.15, 0.2) is 0 Å². The van der Waals surface area contributed by atoms with Crippen molar-refractivity contribution < 1.29 is 0 Å². The fourth-order valence-electron chi connectivity index (χ4n) is 2.27. The van der Waals surface area contributed by atoms with Gasteiger partial charge in [-0.2, -0.15) is 5.10 Å². The van der Waals surface area contributed by atoms with E-state index in [1.807, 2.05) is 11.7 Å². The molecule has 1 fully saturated rings. The van der Waals surface area contributed by atoms with Gasteiger partial charge in [0.15, 0.2) is 0 Å². The van der Waals surface area contributed by atoms with Crippen LogP contribution in [0.5, 0.6) is 0 Å². The first-order chi connectivity index (χ1) is 7.95. The average Bonchev–Trinajstić information content (AvgIpc) is 3.06. The Morgan fingerprint density at radius 1 is 1.47 bits per heavy atom. The average molecular weight is 256 g/mol. The standard InChI is InChI=1S/C13H22ClN3/c1-5-10-12(14)11(17(4)16-10)8-15-13(2,3)9-6-7-9/h9,15H,5-8H2,1-4H3. The van der Waals surface area contributed by atoms with Crippen molar-refractivity contribution >= 4 is 11.6 Å². The predicted molar refractivity (Wildman–Crippen MR) is 71.2 cm³/mol. The molecule has 1 aromatic rings. The molecule has 2 rings (SSSR count). The largest absolute Gasteiger partial charge is 0.306 e. The van der Waals surface area contributed by atoms with Crippen LogP contribution in [0.25, 0.3) is 0 Å². The van der Waals surface area contributed by atoms with E-state index in [-0.39, 0.29) is 5.54 Å². The van der Waals surface area contributed by atoms with Gasteiger partial charge in [0.1, 0.15) is 0 Å². The van der Waals surface area contributed by atoms with Crippen molar-refractivity contribution in [3.63, 3.8) is 0 Å². The molecule has 0 atom stereocenters. The van der Waals surface area contributed by atoms with Gasteiger partial charge >= 0.3 is 0 Å². The highest BCUT2D eigenvalue weighted by molar-refractivity contribution is 6.31. The molecule has 1 aliphatic rings. The van der Waals surface area contributed by atoms with Gasteiger partial charge in [0.05, 0.1) is 16.4 Å². The fraction of sp³-hybridized carbons (Fsp3) is 0.769. The number of halogens is 1. The van der Waals surface area contributed by atoms with Crippen LogP contribution < -0.4 is 5.32 Å². The van der Waals surface area contributed by atoms with E-state index in [1.165, 1.54) is 12.8 Å². The van der Waals surface area contributed by atoms with Crippen molar-refractivity contribution in [2.75, 3.05) is 0 Å². The molecular formula is C13H22ClN3. The second kappa shape index (κ2) is 4.62. The first-order valence-corrected chi connectivity index (χ1v) is 6.78. The Bertz CT molecular complexity index is 405. The van der Waals surface area contributed by atoms with Crippen LogP contribution in [0, 0.1) is 5.92 Å². The quantitative estimate of drug-likeness (QED) is 0.877. The Kier molecular flexibility index (Phi) is 3.50. The van der Waals surface area contributed by atoms with Gasteiger partial charge in [-0.25, -0.2) is 0 Å². The minimum Gasteiger partial charge on any atom is -0.306 e. The molecule has 1 aromatic heterocycles. The van der Waals surface area contributed by atoms with Gasteiger partial charge in [-0.05, 0) is 39.0 Å². The number of nitrogens with one attached hydrogen (secondary N) is 1. The normalized spacial score (nSPS) is 16.5. The second-order valence-electron chi connectivity index (χ2n) is 5.53. The Morgan fingerprint density at radius 2 is 2.12 bits per heavy atom. The van der Waals surface area contributed by atoms with E-state index in [0.29, 0.717) is 0 Å². The van der Waals surface area contributed by atoms with Crippen molar-refractivity contribution in [1.29, 1.82) is 0 Å². The lowest BCUT2D eigenvalue weighted by atomic mass is 9.99. The molecule has 0 unspecified atom stereocenters. The monoisotopic (exact) mass is 255 g/mol. The molecule has 3 nitrogen and oxygen atoms in total. The summed E-state index contributed by atoms with van der Waals surface area (Å²) in [6.07, 6.45) is 3.58. The minimum atomic E-state index is 0.208. The van der Waals surface area contributed by atoms with Crippen LogP contribution in [-0.4, -0.2) is 15.3 Å². The summed E-state index contributed by atoms with van der Waals surface area (Å²) in [6, 6.07) is 0. The smallest absolute Gasteiger partial charge is 0.0863 e. The molecule has 0 bridgehead atoms. The van der Waals surface area contributed by atoms with Gasteiger partial charge < -0.3 is 5.32 Å². The number of rotatable bonds is 5. The van der Waals surface area contributed by atoms with Crippen molar-refractivity contribution in [3.8, 4) is 0 Å². The van der Waals surface area contributed by atoms with E-state index in [4.69, 9.17) is 11.6 Å². The molecule has 1 N–H and O–H groups in total. The number of aryl methyl sites for hydroxylation is 2. The van der Waals surface area contributed by atoms with Crippen molar-refractivity contribution in [2.45, 2.75) is 52.1 Å². The van der Waals surface area contributed by atoms with Gasteiger partial charge in [0.2, 0.25) is 0 Å². The molecule has 0 aromatic carbocycles. The van der Waals surface area contributed by atoms with E-state index in [9.17, 15) is 0 Å². The molecule has 4 heteroatoms. The van der Waals surface area contributed by atoms with E-state index >= 15 is 0 Å². The van der Waals surface area contributed by atoms with Gasteiger partial charge in [-0.15, -0.1) is 0 Å². The molecule has 1 heterocycles. The maximum absolute atomic E-state index is 6.33. The molecule has 1 saturated carbocycles. The van der Waals surface area contributed by atoms with E-state index in [2.05, 4.69) is 31.2 Å². The van der Waals surface area contributed by atoms with Gasteiger partial charge in [0.25, 0.3) is 0 Å². The third-order valence-electron chi connectivity index (χ3n) is 3.81. The summed E-state index contributed by atoms with van der Waals surface area (Å²) in [7, 11) is 1.96. The summed E-state index contributed by atoms with van der Waals surface area (Å²) in [6.45, 7) is 7.43. The summed E-state index contributed by atoms with van der Waals surface area (Å²) in [5.41, 5.74) is 2.30. The fourth-order valence-corrected chi connectivity index (χ4v) is 2.63. The molecular weight excluding hydrogens is 234 g/mol. The van der Waals surface area contributed by atoms with Crippen LogP contribution >= 0.6 is 11.6 Å². The van der Waals surface area contributed by atoms with E-state index in [0.717, 1.165) is 35.3 Å². The number of hydrogen-bond donors (Lipinski definition) is 1. The number of hydrogen-bond acceptors (Lipinski definition) is 2. The van der Waals surface area contributed by atoms with Crippen LogP contribution in [-0.2, 0) is 20.0 Å². The Balaban J connectivity index is 2.05. The first-order valence-electron chi connectivity index (χ1n) is 6.41. The summed E-state index contributed by atoms with van der Waals surface area (Å²) < 4.78 is 1.90. The SMILES string of the molecule is CCc1nn(C)c(CNC(C)(C)C2CC2)c1Cl. The number of aromatic nitrogens is 2. The van der Waals surface area contributed by atoms with Crippen molar-refractivity contribution in [2.24, 2.45) is 13.0 Å². The van der Waals surface area contributed by atoms with Gasteiger partial charge in [-0.1, -0.05) is 18.5 Å². The topological polar surface area (TPSA) is 29.9 Å². The number of nitrogens with zero attached hydrogens (tertiary/aromatic N) is 2. The lowest BCUT2D eigenvalue weighted by Gasteiger charge is -2.26. The van der Waals surface area contributed by atoms with Crippen molar-refractivity contribution in [3.05, 3.63) is 16.4 Å². The highest BCUT2D eigenvalue weighted by Gasteiger charge is 2.37. The summed E-state index contributed by atoms with van der Waals surface area (Å²) >= 11 is 6.33. The van der Waals surface area contributed by atoms with Crippen LogP contribution in [0.1, 0.15) is 45.0 Å². The summed E-state index contributed by atoms with van der Waals surface area (Å²) in [5.74, 6) is 0.820. The zero-order valence-corrected chi connectivity index (χ0v) is 11.9.